The van der Waals surface area contributed by atoms with E-state index in [-0.39, 0.29) is 31.2 Å². The van der Waals surface area contributed by atoms with Crippen LogP contribution in [0.5, 0.6) is 11.5 Å². The Bertz CT molecular complexity index is 1050. The molecule has 2 heterocycles. The molecule has 1 aromatic heterocycles. The Hall–Kier alpha value is -3.39. The maximum absolute atomic E-state index is 13.3. The first-order valence-electron chi connectivity index (χ1n) is 9.25. The number of hydrogen-bond donors (Lipinski definition) is 1. The minimum atomic E-state index is -0.388. The lowest BCUT2D eigenvalue weighted by Gasteiger charge is -2.18. The van der Waals surface area contributed by atoms with Gasteiger partial charge in [-0.1, -0.05) is 23.4 Å². The molecular weight excluding hydrogens is 407 g/mol. The van der Waals surface area contributed by atoms with Crippen molar-refractivity contribution in [3.8, 4) is 11.5 Å². The van der Waals surface area contributed by atoms with Gasteiger partial charge in [-0.05, 0) is 54.3 Å². The summed E-state index contributed by atoms with van der Waals surface area (Å²) in [6.45, 7) is 1.73. The van der Waals surface area contributed by atoms with Crippen LogP contribution in [0.4, 0.5) is 4.39 Å². The molecule has 30 heavy (non-hydrogen) atoms. The van der Waals surface area contributed by atoms with Crippen LogP contribution >= 0.6 is 11.3 Å². The molecule has 0 spiro atoms. The lowest BCUT2D eigenvalue weighted by atomic mass is 10.1. The summed E-state index contributed by atoms with van der Waals surface area (Å²) in [7, 11) is 0. The molecule has 1 N–H and O–H groups in total. The highest BCUT2D eigenvalue weighted by Gasteiger charge is 2.18. The Kier molecular flexibility index (Phi) is 5.94. The van der Waals surface area contributed by atoms with Crippen LogP contribution in [0.25, 0.3) is 0 Å². The Balaban J connectivity index is 1.39. The molecule has 1 aliphatic heterocycles. The fourth-order valence-corrected chi connectivity index (χ4v) is 3.80. The Morgan fingerprint density at radius 2 is 2.00 bits per heavy atom. The van der Waals surface area contributed by atoms with Crippen LogP contribution in [0.3, 0.4) is 0 Å². The summed E-state index contributed by atoms with van der Waals surface area (Å²) in [6, 6.07) is 14.9. The van der Waals surface area contributed by atoms with E-state index in [9.17, 15) is 9.18 Å². The van der Waals surface area contributed by atoms with Gasteiger partial charge in [-0.3, -0.25) is 4.79 Å². The van der Waals surface area contributed by atoms with Crippen LogP contribution in [-0.2, 0) is 9.63 Å². The van der Waals surface area contributed by atoms with E-state index in [1.54, 1.807) is 25.1 Å². The van der Waals surface area contributed by atoms with Crippen LogP contribution < -0.4 is 14.8 Å². The molecule has 4 rings (SSSR count). The summed E-state index contributed by atoms with van der Waals surface area (Å²) in [6.07, 6.45) is 0. The van der Waals surface area contributed by atoms with Crippen LogP contribution in [0, 0.1) is 5.82 Å². The normalized spacial score (nSPS) is 13.7. The molecule has 2 aromatic carbocycles. The lowest BCUT2D eigenvalue weighted by Crippen LogP contribution is -2.31. The highest BCUT2D eigenvalue weighted by atomic mass is 32.1. The Labute approximate surface area is 176 Å². The summed E-state index contributed by atoms with van der Waals surface area (Å²) in [4.78, 5) is 18.6. The molecule has 1 unspecified atom stereocenters. The summed E-state index contributed by atoms with van der Waals surface area (Å²) in [5.41, 5.74) is 2.20. The minimum absolute atomic E-state index is 0.200. The van der Waals surface area contributed by atoms with E-state index in [2.05, 4.69) is 10.5 Å². The quantitative estimate of drug-likeness (QED) is 0.453. The highest BCUT2D eigenvalue weighted by molar-refractivity contribution is 7.10. The first kappa shape index (κ1) is 19.9. The van der Waals surface area contributed by atoms with Gasteiger partial charge in [0.2, 0.25) is 6.79 Å². The predicted octanol–water partition coefficient (Wildman–Crippen LogP) is 4.26. The van der Waals surface area contributed by atoms with Crippen molar-refractivity contribution in [3.05, 3.63) is 81.8 Å². The van der Waals surface area contributed by atoms with Crippen molar-refractivity contribution in [2.75, 3.05) is 13.4 Å². The molecular formula is C22H19FN2O4S. The number of rotatable bonds is 7. The fraction of sp³-hybridized carbons (Fsp3) is 0.182. The van der Waals surface area contributed by atoms with Gasteiger partial charge in [0, 0.05) is 10.4 Å². The summed E-state index contributed by atoms with van der Waals surface area (Å²) in [5.74, 6) is 0.678. The molecule has 1 aliphatic rings. The Morgan fingerprint density at radius 1 is 1.20 bits per heavy atom. The van der Waals surface area contributed by atoms with E-state index in [1.807, 2.05) is 29.6 Å². The third-order valence-corrected chi connectivity index (χ3v) is 5.46. The molecule has 0 bridgehead atoms. The second kappa shape index (κ2) is 8.96. The SMILES string of the molecule is C/C(=N\OCC(=O)NC(c1ccc(F)cc1)c1cccs1)c1ccc2c(c1)OCO2. The van der Waals surface area contributed by atoms with Crippen molar-refractivity contribution in [1.82, 2.24) is 5.32 Å². The molecule has 1 atom stereocenters. The van der Waals surface area contributed by atoms with Gasteiger partial charge in [0.05, 0.1) is 11.8 Å². The summed E-state index contributed by atoms with van der Waals surface area (Å²) < 4.78 is 23.9. The zero-order chi connectivity index (χ0) is 20.9. The van der Waals surface area contributed by atoms with E-state index in [0.717, 1.165) is 16.0 Å². The third kappa shape index (κ3) is 4.60. The fourth-order valence-electron chi connectivity index (χ4n) is 2.99. The van der Waals surface area contributed by atoms with Gasteiger partial charge >= 0.3 is 0 Å². The highest BCUT2D eigenvalue weighted by Crippen LogP contribution is 2.32. The second-order valence-electron chi connectivity index (χ2n) is 6.59. The molecule has 0 aliphatic carbocycles. The van der Waals surface area contributed by atoms with Crippen molar-refractivity contribution in [1.29, 1.82) is 0 Å². The largest absolute Gasteiger partial charge is 0.454 e. The van der Waals surface area contributed by atoms with E-state index in [1.165, 1.54) is 23.5 Å². The maximum Gasteiger partial charge on any atom is 0.261 e. The van der Waals surface area contributed by atoms with E-state index >= 15 is 0 Å². The lowest BCUT2D eigenvalue weighted by molar-refractivity contribution is -0.126. The van der Waals surface area contributed by atoms with Crippen molar-refractivity contribution in [3.63, 3.8) is 0 Å². The average Bonchev–Trinajstić information content (AvgIpc) is 3.44. The van der Waals surface area contributed by atoms with Crippen LogP contribution in [0.1, 0.15) is 29.0 Å². The first-order chi connectivity index (χ1) is 14.6. The number of hydrogen-bond acceptors (Lipinski definition) is 6. The molecule has 0 fully saturated rings. The number of carbonyl (C=O) groups is 1. The molecule has 6 nitrogen and oxygen atoms in total. The zero-order valence-electron chi connectivity index (χ0n) is 16.1. The molecule has 0 saturated carbocycles. The standard InChI is InChI=1S/C22H19FN2O4S/c1-14(16-6-9-18-19(11-16)28-13-27-18)25-29-12-21(26)24-22(20-3-2-10-30-20)15-4-7-17(23)8-5-15/h2-11,22H,12-13H2,1H3,(H,24,26)/b25-14+. The molecule has 1 amide bonds. The van der Waals surface area contributed by atoms with E-state index in [0.29, 0.717) is 17.2 Å². The average molecular weight is 426 g/mol. The van der Waals surface area contributed by atoms with Crippen molar-refractivity contribution < 1.29 is 23.5 Å². The van der Waals surface area contributed by atoms with E-state index < -0.39 is 0 Å². The maximum atomic E-state index is 13.3. The van der Waals surface area contributed by atoms with Gasteiger partial charge in [0.25, 0.3) is 5.91 Å². The van der Waals surface area contributed by atoms with Gasteiger partial charge in [0.1, 0.15) is 5.82 Å². The molecule has 0 radical (unpaired) electrons. The molecule has 8 heteroatoms. The van der Waals surface area contributed by atoms with Gasteiger partial charge in [-0.15, -0.1) is 11.3 Å². The summed E-state index contributed by atoms with van der Waals surface area (Å²) >= 11 is 1.51. The van der Waals surface area contributed by atoms with Gasteiger partial charge in [0.15, 0.2) is 18.1 Å². The first-order valence-corrected chi connectivity index (χ1v) is 10.1. The number of carbonyl (C=O) groups excluding carboxylic acids is 1. The smallest absolute Gasteiger partial charge is 0.261 e. The number of benzene rings is 2. The van der Waals surface area contributed by atoms with Gasteiger partial charge in [-0.25, -0.2) is 4.39 Å². The monoisotopic (exact) mass is 426 g/mol. The second-order valence-corrected chi connectivity index (χ2v) is 7.56. The summed E-state index contributed by atoms with van der Waals surface area (Å²) in [5, 5.41) is 8.87. The number of nitrogens with one attached hydrogen (secondary N) is 1. The topological polar surface area (TPSA) is 69.2 Å². The minimum Gasteiger partial charge on any atom is -0.454 e. The van der Waals surface area contributed by atoms with E-state index in [4.69, 9.17) is 14.3 Å². The third-order valence-electron chi connectivity index (χ3n) is 4.52. The van der Waals surface area contributed by atoms with Gasteiger partial charge < -0.3 is 19.6 Å². The van der Waals surface area contributed by atoms with Crippen molar-refractivity contribution >= 4 is 23.0 Å². The molecule has 154 valence electrons. The number of halogens is 1. The zero-order valence-corrected chi connectivity index (χ0v) is 16.9. The number of amides is 1. The van der Waals surface area contributed by atoms with Gasteiger partial charge in [-0.2, -0.15) is 0 Å². The number of thiophene rings is 1. The van der Waals surface area contributed by atoms with Crippen molar-refractivity contribution in [2.45, 2.75) is 13.0 Å². The van der Waals surface area contributed by atoms with Crippen LogP contribution in [-0.4, -0.2) is 25.0 Å². The molecule has 0 saturated heterocycles. The Morgan fingerprint density at radius 3 is 2.77 bits per heavy atom. The predicted molar refractivity (Wildman–Crippen MR) is 111 cm³/mol. The number of oxime groups is 1. The van der Waals surface area contributed by atoms with Crippen molar-refractivity contribution in [2.24, 2.45) is 5.16 Å². The van der Waals surface area contributed by atoms with Crippen LogP contribution in [0.2, 0.25) is 0 Å². The van der Waals surface area contributed by atoms with Crippen LogP contribution in [0.15, 0.2) is 65.1 Å². The number of fused-ring (bicyclic) bond motifs is 1. The molecule has 3 aromatic rings. The number of ether oxygens (including phenoxy) is 2. The number of nitrogens with zero attached hydrogens (tertiary/aromatic N) is 1.